The molecule has 0 unspecified atom stereocenters. The van der Waals surface area contributed by atoms with Gasteiger partial charge in [0.05, 0.1) is 5.60 Å². The largest absolute Gasteiger partial charge is 0.377 e. The molecule has 2 aromatic rings. The zero-order valence-electron chi connectivity index (χ0n) is 13.9. The number of likely N-dealkylation sites (N-methyl/N-ethyl adjacent to an activating group) is 1. The molecule has 124 valence electrons. The molecular weight excluding hydrogens is 294 g/mol. The van der Waals surface area contributed by atoms with E-state index in [2.05, 4.69) is 14.9 Å². The van der Waals surface area contributed by atoms with Gasteiger partial charge in [0.1, 0.15) is 5.69 Å². The summed E-state index contributed by atoms with van der Waals surface area (Å²) in [6.07, 6.45) is 6.92. The smallest absolute Gasteiger partial charge is 0.274 e. The van der Waals surface area contributed by atoms with Crippen molar-refractivity contribution in [3.63, 3.8) is 0 Å². The highest BCUT2D eigenvalue weighted by Crippen LogP contribution is 2.27. The Hall–Kier alpha value is -1.99. The van der Waals surface area contributed by atoms with Gasteiger partial charge in [-0.3, -0.25) is 9.20 Å². The number of carbonyl (C=O) groups excluding carboxylic acids is 1. The highest BCUT2D eigenvalue weighted by molar-refractivity contribution is 5.92. The van der Waals surface area contributed by atoms with Crippen molar-refractivity contribution in [2.24, 2.45) is 0 Å². The fraction of sp³-hybridized carbons (Fsp3) is 0.562. The molecular formula is C16H23N5O2. The van der Waals surface area contributed by atoms with Crippen LogP contribution in [0, 0.1) is 0 Å². The van der Waals surface area contributed by atoms with Gasteiger partial charge in [-0.15, -0.1) is 0 Å². The first-order valence-electron chi connectivity index (χ1n) is 7.82. The molecule has 1 aliphatic rings. The van der Waals surface area contributed by atoms with E-state index in [9.17, 15) is 4.79 Å². The number of aromatic nitrogens is 3. The van der Waals surface area contributed by atoms with Gasteiger partial charge in [0.15, 0.2) is 0 Å². The number of ether oxygens (including phenoxy) is 1. The third kappa shape index (κ3) is 3.20. The Balaban J connectivity index is 1.70. The first-order chi connectivity index (χ1) is 11.0. The van der Waals surface area contributed by atoms with E-state index in [-0.39, 0.29) is 11.5 Å². The van der Waals surface area contributed by atoms with E-state index in [1.165, 1.54) is 0 Å². The second-order valence-electron chi connectivity index (χ2n) is 6.37. The van der Waals surface area contributed by atoms with Crippen LogP contribution >= 0.6 is 0 Å². The van der Waals surface area contributed by atoms with Gasteiger partial charge in [0, 0.05) is 45.3 Å². The Morgan fingerprint density at radius 3 is 2.74 bits per heavy atom. The van der Waals surface area contributed by atoms with Crippen LogP contribution in [0.3, 0.4) is 0 Å². The minimum absolute atomic E-state index is 0.0370. The summed E-state index contributed by atoms with van der Waals surface area (Å²) in [6.45, 7) is 2.23. The first kappa shape index (κ1) is 15.9. The van der Waals surface area contributed by atoms with E-state index in [0.717, 1.165) is 19.4 Å². The number of amides is 1. The number of piperidine rings is 1. The molecule has 2 aromatic heterocycles. The SMILES string of the molecule is COC1(CN(C)C)CCN(C(=O)c2cn3cccnc3n2)CC1. The van der Waals surface area contributed by atoms with Gasteiger partial charge in [0.2, 0.25) is 5.78 Å². The molecule has 1 fully saturated rings. The number of nitrogens with zero attached hydrogens (tertiary/aromatic N) is 5. The summed E-state index contributed by atoms with van der Waals surface area (Å²) in [5.41, 5.74) is 0.280. The third-order valence-electron chi connectivity index (χ3n) is 4.45. The van der Waals surface area contributed by atoms with E-state index < -0.39 is 0 Å². The first-order valence-corrected chi connectivity index (χ1v) is 7.82. The number of imidazole rings is 1. The molecule has 7 heteroatoms. The van der Waals surface area contributed by atoms with Crippen molar-refractivity contribution in [1.29, 1.82) is 0 Å². The Labute approximate surface area is 135 Å². The maximum absolute atomic E-state index is 12.7. The van der Waals surface area contributed by atoms with E-state index >= 15 is 0 Å². The number of methoxy groups -OCH3 is 1. The second-order valence-corrected chi connectivity index (χ2v) is 6.37. The standard InChI is InChI=1S/C16H23N5O2/c1-19(2)12-16(23-3)5-9-20(10-6-16)14(22)13-11-21-8-4-7-17-15(21)18-13/h4,7-8,11H,5-6,9-10,12H2,1-3H3. The zero-order valence-corrected chi connectivity index (χ0v) is 13.9. The van der Waals surface area contributed by atoms with Crippen molar-refractivity contribution in [3.8, 4) is 0 Å². The minimum atomic E-state index is -0.166. The van der Waals surface area contributed by atoms with Crippen molar-refractivity contribution in [3.05, 3.63) is 30.4 Å². The molecule has 0 aromatic carbocycles. The van der Waals surface area contributed by atoms with Crippen LogP contribution in [-0.2, 0) is 4.74 Å². The third-order valence-corrected chi connectivity index (χ3v) is 4.45. The molecule has 7 nitrogen and oxygen atoms in total. The van der Waals surface area contributed by atoms with E-state index in [1.807, 2.05) is 31.3 Å². The number of hydrogen-bond donors (Lipinski definition) is 0. The number of carbonyl (C=O) groups is 1. The molecule has 1 aliphatic heterocycles. The van der Waals surface area contributed by atoms with Crippen LogP contribution in [0.25, 0.3) is 5.78 Å². The molecule has 0 saturated carbocycles. The summed E-state index contributed by atoms with van der Waals surface area (Å²) in [7, 11) is 5.85. The van der Waals surface area contributed by atoms with E-state index in [1.54, 1.807) is 23.9 Å². The van der Waals surface area contributed by atoms with Crippen LogP contribution in [0.15, 0.2) is 24.7 Å². The van der Waals surface area contributed by atoms with Gasteiger partial charge >= 0.3 is 0 Å². The Morgan fingerprint density at radius 1 is 1.39 bits per heavy atom. The molecule has 1 amide bonds. The highest BCUT2D eigenvalue weighted by atomic mass is 16.5. The van der Waals surface area contributed by atoms with Gasteiger partial charge < -0.3 is 14.5 Å². The number of likely N-dealkylation sites (tertiary alicyclic amines) is 1. The molecule has 3 heterocycles. The van der Waals surface area contributed by atoms with Crippen molar-refractivity contribution in [2.75, 3.05) is 40.8 Å². The van der Waals surface area contributed by atoms with E-state index in [4.69, 9.17) is 4.74 Å². The van der Waals surface area contributed by atoms with Gasteiger partial charge in [0.25, 0.3) is 5.91 Å². The molecule has 0 bridgehead atoms. The lowest BCUT2D eigenvalue weighted by molar-refractivity contribution is -0.0654. The van der Waals surface area contributed by atoms with Crippen LogP contribution in [-0.4, -0.2) is 76.5 Å². The molecule has 0 N–H and O–H groups in total. The Bertz CT molecular complexity index is 656. The van der Waals surface area contributed by atoms with E-state index in [0.29, 0.717) is 24.6 Å². The molecule has 0 atom stereocenters. The van der Waals surface area contributed by atoms with Crippen LogP contribution in [0.1, 0.15) is 23.3 Å². The summed E-state index contributed by atoms with van der Waals surface area (Å²) in [6, 6.07) is 1.82. The summed E-state index contributed by atoms with van der Waals surface area (Å²) < 4.78 is 7.53. The van der Waals surface area contributed by atoms with Crippen LogP contribution in [0.4, 0.5) is 0 Å². The zero-order chi connectivity index (χ0) is 16.4. The molecule has 0 aliphatic carbocycles. The Kier molecular flexibility index (Phi) is 4.32. The normalized spacial score (nSPS) is 17.8. The van der Waals surface area contributed by atoms with Crippen molar-refractivity contribution in [1.82, 2.24) is 24.2 Å². The molecule has 0 radical (unpaired) electrons. The maximum atomic E-state index is 12.7. The van der Waals surface area contributed by atoms with Gasteiger partial charge in [-0.05, 0) is 33.0 Å². The number of hydrogen-bond acceptors (Lipinski definition) is 5. The van der Waals surface area contributed by atoms with Crippen molar-refractivity contribution in [2.45, 2.75) is 18.4 Å². The summed E-state index contributed by atoms with van der Waals surface area (Å²) in [5, 5.41) is 0. The molecule has 1 saturated heterocycles. The predicted octanol–water partition coefficient (Wildman–Crippen LogP) is 0.912. The van der Waals surface area contributed by atoms with Crippen LogP contribution in [0.2, 0.25) is 0 Å². The van der Waals surface area contributed by atoms with Crippen LogP contribution in [0.5, 0.6) is 0 Å². The van der Waals surface area contributed by atoms with Crippen LogP contribution < -0.4 is 0 Å². The van der Waals surface area contributed by atoms with Gasteiger partial charge in [-0.2, -0.15) is 0 Å². The topological polar surface area (TPSA) is 63.0 Å². The molecule has 0 spiro atoms. The number of fused-ring (bicyclic) bond motifs is 1. The summed E-state index contributed by atoms with van der Waals surface area (Å²) in [5.74, 6) is 0.511. The summed E-state index contributed by atoms with van der Waals surface area (Å²) in [4.78, 5) is 25.1. The van der Waals surface area contributed by atoms with Gasteiger partial charge in [-0.25, -0.2) is 9.97 Å². The summed E-state index contributed by atoms with van der Waals surface area (Å²) >= 11 is 0. The maximum Gasteiger partial charge on any atom is 0.274 e. The quantitative estimate of drug-likeness (QED) is 0.839. The monoisotopic (exact) mass is 317 g/mol. The fourth-order valence-electron chi connectivity index (χ4n) is 3.22. The molecule has 3 rings (SSSR count). The van der Waals surface area contributed by atoms with Crippen molar-refractivity contribution < 1.29 is 9.53 Å². The highest BCUT2D eigenvalue weighted by Gasteiger charge is 2.37. The predicted molar refractivity (Wildman–Crippen MR) is 86.4 cm³/mol. The fourth-order valence-corrected chi connectivity index (χ4v) is 3.22. The lowest BCUT2D eigenvalue weighted by Gasteiger charge is -2.42. The minimum Gasteiger partial charge on any atom is -0.377 e. The lowest BCUT2D eigenvalue weighted by Crippen LogP contribution is -2.52. The Morgan fingerprint density at radius 2 is 2.13 bits per heavy atom. The lowest BCUT2D eigenvalue weighted by atomic mass is 9.90. The average molecular weight is 317 g/mol. The number of rotatable bonds is 4. The second kappa shape index (κ2) is 6.25. The van der Waals surface area contributed by atoms with Gasteiger partial charge in [-0.1, -0.05) is 0 Å². The molecule has 23 heavy (non-hydrogen) atoms. The average Bonchev–Trinajstić information content (AvgIpc) is 2.98. The van der Waals surface area contributed by atoms with Crippen molar-refractivity contribution >= 4 is 11.7 Å².